The van der Waals surface area contributed by atoms with Gasteiger partial charge in [-0.15, -0.1) is 0 Å². The molecule has 2 amide bonds. The van der Waals surface area contributed by atoms with Crippen molar-refractivity contribution in [3.8, 4) is 5.75 Å². The number of para-hydroxylation sites is 1. The fraction of sp³-hybridized carbons (Fsp3) is 0.594. The third-order valence-electron chi connectivity index (χ3n) is 9.04. The lowest BCUT2D eigenvalue weighted by Crippen LogP contribution is -2.66. The van der Waals surface area contributed by atoms with Crippen LogP contribution in [0.2, 0.25) is 0 Å². The number of rotatable bonds is 5. The van der Waals surface area contributed by atoms with Gasteiger partial charge in [0.15, 0.2) is 11.9 Å². The van der Waals surface area contributed by atoms with Gasteiger partial charge in [0.25, 0.3) is 0 Å². The number of pyridine rings is 1. The quantitative estimate of drug-likeness (QED) is 0.306. The maximum atomic E-state index is 14.0. The molecular formula is C32H42N4O9. The first-order valence-corrected chi connectivity index (χ1v) is 15.4. The molecule has 2 unspecified atom stereocenters. The van der Waals surface area contributed by atoms with Gasteiger partial charge in [0.05, 0.1) is 23.8 Å². The highest BCUT2D eigenvalue weighted by atomic mass is 16.6. The molecule has 13 nitrogen and oxygen atoms in total. The number of hydrogen-bond donors (Lipinski definition) is 5. The van der Waals surface area contributed by atoms with E-state index in [1.165, 1.54) is 4.90 Å². The number of carbonyl (C=O) groups excluding carboxylic acids is 3. The van der Waals surface area contributed by atoms with E-state index in [-0.39, 0.29) is 45.1 Å². The highest BCUT2D eigenvalue weighted by Gasteiger charge is 2.62. The summed E-state index contributed by atoms with van der Waals surface area (Å²) in [6.07, 6.45) is -0.606. The van der Waals surface area contributed by atoms with Crippen LogP contribution in [0.4, 0.5) is 4.79 Å². The van der Waals surface area contributed by atoms with Gasteiger partial charge in [-0.25, -0.2) is 9.59 Å². The molecule has 5 rings (SSSR count). The van der Waals surface area contributed by atoms with Crippen molar-refractivity contribution in [2.75, 3.05) is 6.54 Å². The Morgan fingerprint density at radius 3 is 2.58 bits per heavy atom. The van der Waals surface area contributed by atoms with E-state index >= 15 is 0 Å². The smallest absolute Gasteiger partial charge is 0.409 e. The van der Waals surface area contributed by atoms with Gasteiger partial charge in [0.2, 0.25) is 5.91 Å². The number of benzene rings is 1. The predicted molar refractivity (Wildman–Crippen MR) is 161 cm³/mol. The summed E-state index contributed by atoms with van der Waals surface area (Å²) in [6.45, 7) is 5.06. The first-order chi connectivity index (χ1) is 21.3. The Bertz CT molecular complexity index is 1440. The van der Waals surface area contributed by atoms with Crippen LogP contribution in [0.1, 0.15) is 65.7 Å². The second-order valence-corrected chi connectivity index (χ2v) is 13.4. The Hall–Kier alpha value is -3.81. The van der Waals surface area contributed by atoms with Crippen molar-refractivity contribution in [3.05, 3.63) is 36.5 Å². The average Bonchev–Trinajstić information content (AvgIpc) is 3.52. The Kier molecular flexibility index (Phi) is 9.07. The summed E-state index contributed by atoms with van der Waals surface area (Å²) in [5.74, 6) is -1.72. The number of amides is 2. The van der Waals surface area contributed by atoms with E-state index in [1.54, 1.807) is 33.0 Å². The van der Waals surface area contributed by atoms with Crippen LogP contribution in [0.25, 0.3) is 10.9 Å². The molecule has 3 aliphatic rings. The van der Waals surface area contributed by atoms with Gasteiger partial charge < -0.3 is 30.1 Å². The summed E-state index contributed by atoms with van der Waals surface area (Å²) < 4.78 is 11.9. The number of fused-ring (bicyclic) bond motifs is 3. The monoisotopic (exact) mass is 626 g/mol. The number of nitrogens with one attached hydrogen (secondary N) is 2. The molecule has 1 aromatic heterocycles. The number of hydrogen-bond acceptors (Lipinski definition) is 10. The fourth-order valence-corrected chi connectivity index (χ4v) is 6.63. The van der Waals surface area contributed by atoms with Crippen molar-refractivity contribution in [2.45, 2.75) is 107 Å². The molecule has 13 heteroatoms. The summed E-state index contributed by atoms with van der Waals surface area (Å²) in [7, 11) is 0. The molecule has 0 bridgehead atoms. The minimum atomic E-state index is -1.78. The van der Waals surface area contributed by atoms with E-state index in [4.69, 9.17) is 9.47 Å². The number of alkyl carbamates (subject to hydrolysis) is 1. The molecule has 1 saturated carbocycles. The lowest BCUT2D eigenvalue weighted by Gasteiger charge is -2.41. The largest absolute Gasteiger partial charge is 0.488 e. The van der Waals surface area contributed by atoms with Crippen LogP contribution in [0.5, 0.6) is 5.75 Å². The lowest BCUT2D eigenvalue weighted by molar-refractivity contribution is -0.145. The van der Waals surface area contributed by atoms with Crippen molar-refractivity contribution >= 4 is 35.2 Å². The van der Waals surface area contributed by atoms with Crippen molar-refractivity contribution in [1.29, 1.82) is 0 Å². The van der Waals surface area contributed by atoms with Crippen LogP contribution < -0.4 is 15.4 Å². The third-order valence-corrected chi connectivity index (χ3v) is 9.04. The normalized spacial score (nSPS) is 32.7. The molecule has 7 atom stereocenters. The van der Waals surface area contributed by atoms with E-state index in [0.717, 1.165) is 5.39 Å². The number of nitrogens with zero attached hydrogens (tertiary/aromatic N) is 2. The zero-order valence-corrected chi connectivity index (χ0v) is 25.8. The van der Waals surface area contributed by atoms with Crippen LogP contribution in [0.3, 0.4) is 0 Å². The molecule has 2 aromatic rings. The number of carbonyl (C=O) groups is 4. The number of aliphatic carboxylic acids is 1. The summed E-state index contributed by atoms with van der Waals surface area (Å²) in [4.78, 5) is 58.6. The molecule has 1 aromatic carbocycles. The Morgan fingerprint density at radius 2 is 1.87 bits per heavy atom. The van der Waals surface area contributed by atoms with Gasteiger partial charge >= 0.3 is 12.1 Å². The molecule has 3 heterocycles. The topological polar surface area (TPSA) is 188 Å². The van der Waals surface area contributed by atoms with Crippen molar-refractivity contribution in [2.24, 2.45) is 5.92 Å². The van der Waals surface area contributed by atoms with Crippen LogP contribution >= 0.6 is 0 Å². The average molecular weight is 627 g/mol. The van der Waals surface area contributed by atoms with E-state index in [0.29, 0.717) is 24.0 Å². The lowest BCUT2D eigenvalue weighted by atomic mass is 9.95. The molecule has 3 fully saturated rings. The van der Waals surface area contributed by atoms with Gasteiger partial charge in [-0.1, -0.05) is 12.1 Å². The second kappa shape index (κ2) is 12.5. The fourth-order valence-electron chi connectivity index (χ4n) is 6.63. The molecule has 2 aliphatic heterocycles. The predicted octanol–water partition coefficient (Wildman–Crippen LogP) is 2.12. The Morgan fingerprint density at radius 1 is 1.13 bits per heavy atom. The summed E-state index contributed by atoms with van der Waals surface area (Å²) >= 11 is 0. The zero-order valence-electron chi connectivity index (χ0n) is 25.8. The maximum absolute atomic E-state index is 14.0. The standard InChI is InChI=1S/C32H42N4O9/c1-30(2,3)45-29(43)35-31(18-37)13-6-9-24(38)25(39)11-10-19-16-32(19,28(41)42)34-27(40)23-15-20(17-36(23)31)44-26-12-14-33-22-8-5-4-7-21(22)26/h4-5,7-8,12,14,18-20,23-25,38-39H,6,9-11,13,15-17H2,1-3H3,(H,34,40)(H,35,43)(H,41,42)/t19-,20-,23+,24?,25?,31-,32-/m1/s1. The molecular weight excluding hydrogens is 584 g/mol. The Balaban J connectivity index is 1.52. The number of aliphatic hydroxyl groups excluding tert-OH is 2. The van der Waals surface area contributed by atoms with Crippen molar-refractivity contribution < 1.29 is 44.0 Å². The van der Waals surface area contributed by atoms with Gasteiger partial charge in [-0.2, -0.15) is 0 Å². The molecule has 244 valence electrons. The van der Waals surface area contributed by atoms with Crippen molar-refractivity contribution in [1.82, 2.24) is 20.5 Å². The highest BCUT2D eigenvalue weighted by molar-refractivity contribution is 5.93. The first kappa shape index (κ1) is 32.6. The number of aliphatic hydroxyl groups is 2. The van der Waals surface area contributed by atoms with Gasteiger partial charge in [0, 0.05) is 24.5 Å². The number of aromatic nitrogens is 1. The number of aldehydes is 1. The highest BCUT2D eigenvalue weighted by Crippen LogP contribution is 2.48. The SMILES string of the molecule is CC(C)(C)OC(=O)N[C@]1(C=O)CCCC(O)C(O)CC[C@@H]2C[C@@]2(C(=O)O)NC(=O)[C@@H]2C[C@@H](Oc3ccnc4ccccc34)CN21. The van der Waals surface area contributed by atoms with Crippen molar-refractivity contribution in [3.63, 3.8) is 0 Å². The van der Waals surface area contributed by atoms with E-state index in [9.17, 15) is 34.5 Å². The van der Waals surface area contributed by atoms with E-state index in [1.807, 2.05) is 24.3 Å². The van der Waals surface area contributed by atoms with Gasteiger partial charge in [-0.3, -0.25) is 24.8 Å². The molecule has 2 saturated heterocycles. The Labute approximate surface area is 261 Å². The van der Waals surface area contributed by atoms with E-state index < -0.39 is 65.0 Å². The first-order valence-electron chi connectivity index (χ1n) is 15.4. The minimum absolute atomic E-state index is 0.0257. The summed E-state index contributed by atoms with van der Waals surface area (Å²) in [5, 5.41) is 37.6. The number of ether oxygens (including phenoxy) is 2. The number of carboxylic acids is 1. The summed E-state index contributed by atoms with van der Waals surface area (Å²) in [5.41, 5.74) is -3.50. The van der Waals surface area contributed by atoms with Gasteiger partial charge in [-0.05, 0) is 83.4 Å². The third kappa shape index (κ3) is 6.90. The summed E-state index contributed by atoms with van der Waals surface area (Å²) in [6, 6.07) is 8.07. The molecule has 5 N–H and O–H groups in total. The molecule has 1 aliphatic carbocycles. The minimum Gasteiger partial charge on any atom is -0.488 e. The van der Waals surface area contributed by atoms with Crippen LogP contribution in [-0.2, 0) is 19.1 Å². The molecule has 45 heavy (non-hydrogen) atoms. The van der Waals surface area contributed by atoms with E-state index in [2.05, 4.69) is 15.6 Å². The maximum Gasteiger partial charge on any atom is 0.409 e. The zero-order chi connectivity index (χ0) is 32.6. The molecule has 0 radical (unpaired) electrons. The van der Waals surface area contributed by atoms with Crippen LogP contribution in [0.15, 0.2) is 36.5 Å². The van der Waals surface area contributed by atoms with Gasteiger partial charge in [0.1, 0.15) is 23.0 Å². The van der Waals surface area contributed by atoms with Crippen LogP contribution in [0, 0.1) is 5.92 Å². The number of carboxylic acid groups (broad SMARTS) is 1. The van der Waals surface area contributed by atoms with Crippen LogP contribution in [-0.4, -0.2) is 97.2 Å². The second-order valence-electron chi connectivity index (χ2n) is 13.4. The molecule has 0 spiro atoms.